The van der Waals surface area contributed by atoms with Gasteiger partial charge in [-0.25, -0.2) is 22.0 Å². The molecule has 1 saturated heterocycles. The number of hydrogen-bond donors (Lipinski definition) is 18. The normalized spacial score (nSPS) is 22.1. The van der Waals surface area contributed by atoms with Crippen LogP contribution in [-0.2, 0) is 59.2 Å². The topological polar surface area (TPSA) is 491 Å². The summed E-state index contributed by atoms with van der Waals surface area (Å²) < 4.78 is 74.4. The van der Waals surface area contributed by atoms with E-state index in [2.05, 4.69) is 58.5 Å². The van der Waals surface area contributed by atoms with Gasteiger partial charge in [-0.05, 0) is 104 Å². The fourth-order valence-corrected chi connectivity index (χ4v) is 9.21. The summed E-state index contributed by atoms with van der Waals surface area (Å²) in [5.41, 5.74) is 27.4. The number of benzene rings is 1. The first-order chi connectivity index (χ1) is 42.0. The van der Waals surface area contributed by atoms with E-state index in [1.54, 1.807) is 13.8 Å². The first-order valence-electron chi connectivity index (χ1n) is 29.7. The van der Waals surface area contributed by atoms with Crippen LogP contribution >= 0.6 is 0 Å². The Morgan fingerprint density at radius 2 is 0.978 bits per heavy atom. The van der Waals surface area contributed by atoms with Crippen molar-refractivity contribution in [2.24, 2.45) is 34.6 Å². The van der Waals surface area contributed by atoms with E-state index in [0.29, 0.717) is 6.42 Å². The van der Waals surface area contributed by atoms with Crippen molar-refractivity contribution in [1.29, 1.82) is 0 Å². The van der Waals surface area contributed by atoms with Gasteiger partial charge in [-0.15, -0.1) is 0 Å². The molecule has 12 atom stereocenters. The summed E-state index contributed by atoms with van der Waals surface area (Å²) in [6.07, 6.45) is -3.14. The summed E-state index contributed by atoms with van der Waals surface area (Å²) in [6, 6.07) is -17.6. The van der Waals surface area contributed by atoms with E-state index in [-0.39, 0.29) is 58.3 Å². The van der Waals surface area contributed by atoms with E-state index in [0.717, 1.165) is 39.5 Å². The number of nitrogens with one attached hydrogen (secondary N) is 11. The van der Waals surface area contributed by atoms with Crippen molar-refractivity contribution in [3.8, 4) is 0 Å². The van der Waals surface area contributed by atoms with Gasteiger partial charge in [0, 0.05) is 24.9 Å². The lowest BCUT2D eigenvalue weighted by Gasteiger charge is -2.29. The molecule has 11 amide bonds. The smallest absolute Gasteiger partial charge is 0.245 e. The maximum atomic E-state index is 15.4. The summed E-state index contributed by atoms with van der Waals surface area (Å²) >= 11 is 0. The number of aliphatic hydroxyl groups excluding tert-OH is 2. The maximum absolute atomic E-state index is 15.4. The van der Waals surface area contributed by atoms with E-state index < -0.39 is 217 Å². The predicted molar refractivity (Wildman–Crippen MR) is 311 cm³/mol. The number of rotatable bonds is 29. The van der Waals surface area contributed by atoms with Crippen molar-refractivity contribution in [3.05, 3.63) is 34.6 Å². The fraction of sp³-hybridized carbons (Fsp3) is 0.691. The third-order valence-corrected chi connectivity index (χ3v) is 14.1. The molecule has 23 N–H and O–H groups in total. The third-order valence-electron chi connectivity index (χ3n) is 14.1. The van der Waals surface area contributed by atoms with Gasteiger partial charge in [0.1, 0.15) is 60.4 Å². The average molecular weight is 1280 g/mol. The van der Waals surface area contributed by atoms with Gasteiger partial charge in [0.25, 0.3) is 0 Å². The highest BCUT2D eigenvalue weighted by molar-refractivity contribution is 5.99. The lowest BCUT2D eigenvalue weighted by Crippen LogP contribution is -2.62. The van der Waals surface area contributed by atoms with Crippen molar-refractivity contribution in [1.82, 2.24) is 58.5 Å². The minimum atomic E-state index is -2.56. The standard InChI is InChI=1S/C55H91F5N16O13/c1-6-7-8-9-10-11-38(79)67-30(12-18-61)50(84)76-45(28(5)78)55(89)72-33(15-21-64)47(81)71-35-17-23-66-54(88)44(27(4)77)75-51(85)34(16-22-65)69-46(80)31(13-19-62)70-52(86)36(24-26(2)3)73-53(87)37(74-48(82)32(14-20-63)68-49(35)83)25-29-39(56)41(58)43(60)42(59)40(29)57/h26-28,30-37,44-45,77-78H,6-25,61-65H2,1-5H3,(H,66,88)(H,67,79)(H,68,83)(H,69,80)(H,70,86)(H,71,81)(H,72,89)(H,73,87)(H,74,82)(H,75,85)(H,76,84)/t27-,28+,30+,31+,32-,33+,34+,35+,36+,37-,44+,45+/m1/s1. The predicted octanol–water partition coefficient (Wildman–Crippen LogP) is -4.80. The number of nitrogens with two attached hydrogens (primary N) is 5. The molecule has 504 valence electrons. The van der Waals surface area contributed by atoms with Crippen LogP contribution in [0.3, 0.4) is 0 Å². The Bertz CT molecular complexity index is 2550. The average Bonchev–Trinajstić information content (AvgIpc) is 1.09. The van der Waals surface area contributed by atoms with Crippen LogP contribution in [0.25, 0.3) is 0 Å². The molecule has 0 aromatic heterocycles. The molecule has 0 saturated carbocycles. The zero-order valence-corrected chi connectivity index (χ0v) is 50.8. The molecule has 1 heterocycles. The van der Waals surface area contributed by atoms with Gasteiger partial charge < -0.3 is 97.4 Å². The van der Waals surface area contributed by atoms with Gasteiger partial charge in [0.2, 0.25) is 70.8 Å². The van der Waals surface area contributed by atoms with Crippen LogP contribution in [-0.4, -0.2) is 187 Å². The highest BCUT2D eigenvalue weighted by Crippen LogP contribution is 2.25. The lowest BCUT2D eigenvalue weighted by molar-refractivity contribution is -0.137. The number of unbranched alkanes of at least 4 members (excludes halogenated alkanes) is 4. The Morgan fingerprint density at radius 1 is 0.528 bits per heavy atom. The Kier molecular flexibility index (Phi) is 34.7. The second kappa shape index (κ2) is 39.7. The second-order valence-corrected chi connectivity index (χ2v) is 22.0. The van der Waals surface area contributed by atoms with Crippen LogP contribution in [0.4, 0.5) is 22.0 Å². The summed E-state index contributed by atoms with van der Waals surface area (Å²) in [7, 11) is 0. The molecule has 89 heavy (non-hydrogen) atoms. The molecule has 34 heteroatoms. The number of halogens is 5. The summed E-state index contributed by atoms with van der Waals surface area (Å²) in [6.45, 7) is 5.42. The Labute approximate surface area is 512 Å². The van der Waals surface area contributed by atoms with Crippen LogP contribution in [0.5, 0.6) is 0 Å². The van der Waals surface area contributed by atoms with Crippen LogP contribution in [0.15, 0.2) is 0 Å². The SMILES string of the molecule is CCCCCCCC(=O)N[C@@H](CCN)C(=O)N[C@H](C(=O)N[C@@H](CCN)C(=O)N[C@H]1CCNC(=O)[C@H]([C@@H](C)O)NC(=O)[C@H](CCN)NC(=O)[C@H](CCN)NC(=O)[C@H](CC(C)C)NC(=O)[C@@H](Cc2c(F)c(F)c(F)c(F)c2F)NC(=O)[C@@H](CCN)NC1=O)[C@H](C)O. The molecule has 0 bridgehead atoms. The van der Waals surface area contributed by atoms with E-state index >= 15 is 8.78 Å². The van der Waals surface area contributed by atoms with Gasteiger partial charge in [-0.1, -0.05) is 46.5 Å². The van der Waals surface area contributed by atoms with E-state index in [9.17, 15) is 76.1 Å². The van der Waals surface area contributed by atoms with Crippen LogP contribution in [0.1, 0.15) is 124 Å². The zero-order valence-electron chi connectivity index (χ0n) is 50.8. The number of hydrogen-bond acceptors (Lipinski definition) is 18. The van der Waals surface area contributed by atoms with Gasteiger partial charge in [-0.3, -0.25) is 52.7 Å². The number of amides is 11. The second-order valence-electron chi connectivity index (χ2n) is 22.0. The lowest BCUT2D eigenvalue weighted by atomic mass is 9.99. The molecule has 2 rings (SSSR count). The van der Waals surface area contributed by atoms with Gasteiger partial charge >= 0.3 is 0 Å². The van der Waals surface area contributed by atoms with E-state index in [1.165, 1.54) is 0 Å². The molecular formula is C55H91F5N16O13. The van der Waals surface area contributed by atoms with Crippen molar-refractivity contribution in [2.75, 3.05) is 39.3 Å². The Hall–Kier alpha value is -7.24. The molecule has 1 aromatic rings. The largest absolute Gasteiger partial charge is 0.391 e. The summed E-state index contributed by atoms with van der Waals surface area (Å²) in [5.74, 6) is -25.0. The maximum Gasteiger partial charge on any atom is 0.245 e. The van der Waals surface area contributed by atoms with Crippen molar-refractivity contribution < 1.29 is 84.9 Å². The van der Waals surface area contributed by atoms with Gasteiger partial charge in [0.15, 0.2) is 23.3 Å². The highest BCUT2D eigenvalue weighted by atomic mass is 19.2. The van der Waals surface area contributed by atoms with Gasteiger partial charge in [0.05, 0.1) is 12.2 Å². The van der Waals surface area contributed by atoms with Crippen molar-refractivity contribution in [3.63, 3.8) is 0 Å². The van der Waals surface area contributed by atoms with Gasteiger partial charge in [-0.2, -0.15) is 0 Å². The number of carbonyl (C=O) groups is 11. The van der Waals surface area contributed by atoms with Crippen molar-refractivity contribution in [2.45, 2.75) is 197 Å². The molecule has 1 aliphatic heterocycles. The molecule has 0 spiro atoms. The molecule has 29 nitrogen and oxygen atoms in total. The molecule has 1 aliphatic rings. The fourth-order valence-electron chi connectivity index (χ4n) is 9.21. The zero-order chi connectivity index (χ0) is 67.2. The highest BCUT2D eigenvalue weighted by Gasteiger charge is 2.39. The quantitative estimate of drug-likeness (QED) is 0.0155. The van der Waals surface area contributed by atoms with E-state index in [1.807, 2.05) is 6.92 Å². The van der Waals surface area contributed by atoms with Crippen LogP contribution < -0.4 is 87.2 Å². The number of aliphatic hydroxyl groups is 2. The number of carbonyl (C=O) groups excluding carboxylic acids is 11. The first kappa shape index (κ1) is 77.9. The monoisotopic (exact) mass is 1280 g/mol. The first-order valence-corrected chi connectivity index (χ1v) is 29.7. The van der Waals surface area contributed by atoms with E-state index in [4.69, 9.17) is 28.7 Å². The minimum absolute atomic E-state index is 0.0791. The third kappa shape index (κ3) is 25.3. The summed E-state index contributed by atoms with van der Waals surface area (Å²) in [4.78, 5) is 153. The minimum Gasteiger partial charge on any atom is -0.391 e. The van der Waals surface area contributed by atoms with Crippen LogP contribution in [0.2, 0.25) is 0 Å². The molecule has 0 unspecified atom stereocenters. The molecule has 0 aliphatic carbocycles. The van der Waals surface area contributed by atoms with Crippen molar-refractivity contribution >= 4 is 65.0 Å². The molecular weight excluding hydrogens is 1190 g/mol. The summed E-state index contributed by atoms with van der Waals surface area (Å²) in [5, 5.41) is 47.4. The Morgan fingerprint density at radius 3 is 1.46 bits per heavy atom. The molecule has 1 aromatic carbocycles. The molecule has 1 fully saturated rings. The Balaban J connectivity index is 2.80. The van der Waals surface area contributed by atoms with Crippen LogP contribution in [0, 0.1) is 35.0 Å². The molecule has 0 radical (unpaired) electrons.